The smallest absolute Gasteiger partial charge is 0.311 e. The van der Waals surface area contributed by atoms with Crippen LogP contribution in [0, 0.1) is 5.92 Å². The molecule has 0 aromatic carbocycles. The van der Waals surface area contributed by atoms with Crippen molar-refractivity contribution in [2.45, 2.75) is 53.2 Å². The van der Waals surface area contributed by atoms with Gasteiger partial charge in [0, 0.05) is 19.1 Å². The van der Waals surface area contributed by atoms with Crippen molar-refractivity contribution in [1.82, 2.24) is 4.90 Å². The molecule has 1 aliphatic rings. The molecule has 0 aromatic heterocycles. The molecule has 126 valence electrons. The van der Waals surface area contributed by atoms with Gasteiger partial charge in [0.05, 0.1) is 12.5 Å². The van der Waals surface area contributed by atoms with E-state index in [-0.39, 0.29) is 23.5 Å². The maximum absolute atomic E-state index is 11.3. The minimum atomic E-state index is -0.318. The molecule has 0 spiro atoms. The zero-order valence-electron chi connectivity index (χ0n) is 14.5. The predicted octanol–water partition coefficient (Wildman–Crippen LogP) is 1.42. The molecule has 0 saturated carbocycles. The summed E-state index contributed by atoms with van der Waals surface area (Å²) in [5, 5.41) is 0. The minimum Gasteiger partial charge on any atom is -0.466 e. The Hall–Kier alpha value is -1.14. The topological polar surface area (TPSA) is 81.9 Å². The van der Waals surface area contributed by atoms with Gasteiger partial charge in [-0.1, -0.05) is 13.8 Å². The van der Waals surface area contributed by atoms with Crippen LogP contribution in [-0.2, 0) is 19.1 Å². The number of hydrogen-bond donors (Lipinski definition) is 1. The summed E-state index contributed by atoms with van der Waals surface area (Å²) in [5.74, 6) is -0.288. The second-order valence-corrected chi connectivity index (χ2v) is 5.57. The van der Waals surface area contributed by atoms with Crippen LogP contribution in [-0.4, -0.2) is 55.7 Å². The lowest BCUT2D eigenvalue weighted by Gasteiger charge is -2.14. The maximum Gasteiger partial charge on any atom is 0.311 e. The van der Waals surface area contributed by atoms with Crippen LogP contribution in [0.2, 0.25) is 0 Å². The average Bonchev–Trinajstić information content (AvgIpc) is 2.71. The van der Waals surface area contributed by atoms with Gasteiger partial charge in [0.2, 0.25) is 0 Å². The van der Waals surface area contributed by atoms with Gasteiger partial charge in [0.15, 0.2) is 0 Å². The van der Waals surface area contributed by atoms with E-state index < -0.39 is 0 Å². The lowest BCUT2D eigenvalue weighted by molar-refractivity contribution is -0.147. The van der Waals surface area contributed by atoms with Crippen molar-refractivity contribution in [3.8, 4) is 0 Å². The van der Waals surface area contributed by atoms with Crippen molar-refractivity contribution in [2.75, 3.05) is 26.7 Å². The summed E-state index contributed by atoms with van der Waals surface area (Å²) >= 11 is 0. The van der Waals surface area contributed by atoms with Gasteiger partial charge in [-0.15, -0.1) is 0 Å². The minimum absolute atomic E-state index is 0.0611. The molecule has 1 fully saturated rings. The Morgan fingerprint density at radius 3 is 2.10 bits per heavy atom. The van der Waals surface area contributed by atoms with E-state index in [0.29, 0.717) is 13.1 Å². The fourth-order valence-corrected chi connectivity index (χ4v) is 1.68. The van der Waals surface area contributed by atoms with E-state index in [2.05, 4.69) is 4.74 Å². The number of carbonyl (C=O) groups is 2. The largest absolute Gasteiger partial charge is 0.466 e. The predicted molar refractivity (Wildman–Crippen MR) is 83.8 cm³/mol. The number of hydrogen-bond acceptors (Lipinski definition) is 6. The van der Waals surface area contributed by atoms with Crippen molar-refractivity contribution >= 4 is 12.4 Å². The zero-order chi connectivity index (χ0) is 17.1. The van der Waals surface area contributed by atoms with Gasteiger partial charge in [-0.25, -0.2) is 0 Å². The summed E-state index contributed by atoms with van der Waals surface area (Å²) in [4.78, 5) is 22.9. The fourth-order valence-electron chi connectivity index (χ4n) is 1.68. The molecule has 6 nitrogen and oxygen atoms in total. The fraction of sp³-hybridized carbons (Fsp3) is 0.867. The summed E-state index contributed by atoms with van der Waals surface area (Å²) < 4.78 is 9.45. The van der Waals surface area contributed by atoms with E-state index >= 15 is 0 Å². The molecular formula is C15H32N2O4. The Labute approximate surface area is 129 Å². The Morgan fingerprint density at radius 1 is 1.33 bits per heavy atom. The van der Waals surface area contributed by atoms with Crippen LogP contribution >= 0.6 is 0 Å². The first kappa shape index (κ1) is 22.1. The molecule has 6 heteroatoms. The molecule has 1 rings (SSSR count). The van der Waals surface area contributed by atoms with Gasteiger partial charge < -0.3 is 20.1 Å². The van der Waals surface area contributed by atoms with Gasteiger partial charge in [-0.2, -0.15) is 0 Å². The van der Waals surface area contributed by atoms with E-state index in [9.17, 15) is 9.59 Å². The number of esters is 1. The molecule has 2 N–H and O–H groups in total. The van der Waals surface area contributed by atoms with Gasteiger partial charge in [-0.05, 0) is 34.7 Å². The molecule has 1 saturated heterocycles. The van der Waals surface area contributed by atoms with Crippen LogP contribution in [0.3, 0.4) is 0 Å². The highest BCUT2D eigenvalue weighted by Crippen LogP contribution is 2.14. The quantitative estimate of drug-likeness (QED) is 0.627. The third-order valence-corrected chi connectivity index (χ3v) is 2.54. The highest BCUT2D eigenvalue weighted by atomic mass is 16.5. The van der Waals surface area contributed by atoms with Crippen molar-refractivity contribution in [1.29, 1.82) is 0 Å². The summed E-state index contributed by atoms with van der Waals surface area (Å²) in [6.07, 6.45) is 0. The molecule has 0 aromatic rings. The monoisotopic (exact) mass is 304 g/mol. The van der Waals surface area contributed by atoms with Crippen LogP contribution in [0.25, 0.3) is 0 Å². The number of likely N-dealkylation sites (tertiary alicyclic amines) is 1. The highest BCUT2D eigenvalue weighted by molar-refractivity contribution is 5.74. The molecular weight excluding hydrogens is 272 g/mol. The van der Waals surface area contributed by atoms with Crippen molar-refractivity contribution < 1.29 is 19.1 Å². The normalized spacial score (nSPS) is 21.3. The van der Waals surface area contributed by atoms with Crippen molar-refractivity contribution in [3.63, 3.8) is 0 Å². The van der Waals surface area contributed by atoms with Crippen LogP contribution in [0.15, 0.2) is 0 Å². The maximum atomic E-state index is 11.3. The number of rotatable bonds is 3. The van der Waals surface area contributed by atoms with E-state index in [1.807, 2.05) is 53.5 Å². The first-order valence-corrected chi connectivity index (χ1v) is 7.43. The summed E-state index contributed by atoms with van der Waals surface area (Å²) in [7, 11) is 1.96. The van der Waals surface area contributed by atoms with Crippen LogP contribution in [0.1, 0.15) is 41.5 Å². The molecule has 21 heavy (non-hydrogen) atoms. The van der Waals surface area contributed by atoms with Crippen molar-refractivity contribution in [3.05, 3.63) is 0 Å². The van der Waals surface area contributed by atoms with Crippen molar-refractivity contribution in [2.24, 2.45) is 11.7 Å². The SMILES string of the molecule is CC.CC(C)(C)OC=O.CCOC(=O)[C@H]1CN(C)CC1N. The Bertz CT molecular complexity index is 290. The molecule has 0 radical (unpaired) electrons. The first-order chi connectivity index (χ1) is 9.71. The third-order valence-electron chi connectivity index (χ3n) is 2.54. The molecule has 0 aliphatic carbocycles. The molecule has 1 aliphatic heterocycles. The number of carbonyl (C=O) groups excluding carboxylic acids is 2. The summed E-state index contributed by atoms with van der Waals surface area (Å²) in [6, 6.07) is -0.0611. The van der Waals surface area contributed by atoms with E-state index in [1.165, 1.54) is 0 Å². The third kappa shape index (κ3) is 11.2. The second-order valence-electron chi connectivity index (χ2n) is 5.57. The Kier molecular flexibility index (Phi) is 12.1. The Balaban J connectivity index is 0. The second kappa shape index (κ2) is 11.5. The molecule has 2 atom stereocenters. The lowest BCUT2D eigenvalue weighted by atomic mass is 10.1. The van der Waals surface area contributed by atoms with E-state index in [4.69, 9.17) is 10.5 Å². The lowest BCUT2D eigenvalue weighted by Crippen LogP contribution is -2.35. The van der Waals surface area contributed by atoms with Gasteiger partial charge >= 0.3 is 5.97 Å². The molecule has 0 bridgehead atoms. The number of likely N-dealkylation sites (N-methyl/N-ethyl adjacent to an activating group) is 1. The Morgan fingerprint density at radius 2 is 1.86 bits per heavy atom. The number of nitrogens with two attached hydrogens (primary N) is 1. The summed E-state index contributed by atoms with van der Waals surface area (Å²) in [6.45, 7) is 13.7. The first-order valence-electron chi connectivity index (χ1n) is 7.43. The average molecular weight is 304 g/mol. The van der Waals surface area contributed by atoms with E-state index in [1.54, 1.807) is 0 Å². The summed E-state index contributed by atoms with van der Waals surface area (Å²) in [5.41, 5.74) is 5.44. The molecule has 0 amide bonds. The van der Waals surface area contributed by atoms with Crippen LogP contribution in [0.5, 0.6) is 0 Å². The van der Waals surface area contributed by atoms with Gasteiger partial charge in [0.25, 0.3) is 6.47 Å². The highest BCUT2D eigenvalue weighted by Gasteiger charge is 2.34. The zero-order valence-corrected chi connectivity index (χ0v) is 14.5. The van der Waals surface area contributed by atoms with Gasteiger partial charge in [0.1, 0.15) is 5.60 Å². The van der Waals surface area contributed by atoms with Crippen LogP contribution in [0.4, 0.5) is 0 Å². The standard InChI is InChI=1S/C8H16N2O2.C5H10O2.C2H6/c1-3-12-8(11)6-4-10(2)5-7(6)9;1-5(2,3)7-4-6;1-2/h6-7H,3-5,9H2,1-2H3;4H,1-3H3;1-2H3/t6-,7?;;/m0../s1. The molecule has 1 heterocycles. The number of ether oxygens (including phenoxy) is 2. The number of nitrogens with zero attached hydrogens (tertiary/aromatic N) is 1. The van der Waals surface area contributed by atoms with E-state index in [0.717, 1.165) is 13.1 Å². The van der Waals surface area contributed by atoms with Gasteiger partial charge in [-0.3, -0.25) is 9.59 Å². The molecule has 1 unspecified atom stereocenters. The van der Waals surface area contributed by atoms with Crippen LogP contribution < -0.4 is 5.73 Å².